The first-order valence-corrected chi connectivity index (χ1v) is 12.7. The Labute approximate surface area is 223 Å². The van der Waals surface area contributed by atoms with E-state index in [2.05, 4.69) is 5.32 Å². The fraction of sp³-hybridized carbons (Fsp3) is 0.536. The second-order valence-electron chi connectivity index (χ2n) is 10.8. The molecular formula is C28H32F5NO5. The van der Waals surface area contributed by atoms with E-state index in [4.69, 9.17) is 18.9 Å². The monoisotopic (exact) mass is 557 g/mol. The summed E-state index contributed by atoms with van der Waals surface area (Å²) in [5.74, 6) is -3.46. The number of hydrogen-bond donors (Lipinski definition) is 1. The molecular weight excluding hydrogens is 525 g/mol. The van der Waals surface area contributed by atoms with Crippen LogP contribution in [0.4, 0.5) is 22.0 Å². The molecule has 0 aromatic heterocycles. The standard InChI is InChI=1S/C28H32F5NO5/c1-16(2)34-25(35)27(37-15-17-6-5-7-19(10-17)28(31,32)33)12-22(24-23(13-27)38-26(3,4)39-24)36-14-18-8-9-20(29)21(30)11-18/h5-11,16,22-24H,12-15H2,1-4H3,(H,34,35)/t22?,23-,24+,27-/m1/s1. The van der Waals surface area contributed by atoms with Crippen molar-refractivity contribution in [1.29, 1.82) is 0 Å². The van der Waals surface area contributed by atoms with E-state index in [1.165, 1.54) is 18.2 Å². The number of fused-ring (bicyclic) bond motifs is 1. The van der Waals surface area contributed by atoms with Gasteiger partial charge < -0.3 is 24.3 Å². The lowest BCUT2D eigenvalue weighted by molar-refractivity contribution is -0.184. The first kappa shape index (κ1) is 29.4. The van der Waals surface area contributed by atoms with E-state index in [0.29, 0.717) is 5.56 Å². The van der Waals surface area contributed by atoms with Crippen LogP contribution in [0.5, 0.6) is 0 Å². The van der Waals surface area contributed by atoms with Crippen LogP contribution < -0.4 is 5.32 Å². The van der Waals surface area contributed by atoms with E-state index in [1.807, 2.05) is 0 Å². The van der Waals surface area contributed by atoms with Gasteiger partial charge in [0, 0.05) is 18.9 Å². The summed E-state index contributed by atoms with van der Waals surface area (Å²) in [6.07, 6.45) is -6.46. The minimum absolute atomic E-state index is 0.00516. The highest BCUT2D eigenvalue weighted by Gasteiger charge is 2.58. The number of alkyl halides is 3. The highest BCUT2D eigenvalue weighted by Crippen LogP contribution is 2.44. The summed E-state index contributed by atoms with van der Waals surface area (Å²) < 4.78 is 91.3. The summed E-state index contributed by atoms with van der Waals surface area (Å²) in [6.45, 7) is 6.62. The van der Waals surface area contributed by atoms with Gasteiger partial charge in [0.25, 0.3) is 5.91 Å². The van der Waals surface area contributed by atoms with Gasteiger partial charge in [-0.15, -0.1) is 0 Å². The molecule has 1 heterocycles. The van der Waals surface area contributed by atoms with Gasteiger partial charge in [-0.1, -0.05) is 18.2 Å². The van der Waals surface area contributed by atoms with Crippen LogP contribution in [-0.4, -0.2) is 41.6 Å². The average molecular weight is 558 g/mol. The summed E-state index contributed by atoms with van der Waals surface area (Å²) in [4.78, 5) is 13.6. The van der Waals surface area contributed by atoms with Crippen LogP contribution in [0.1, 0.15) is 57.2 Å². The average Bonchev–Trinajstić information content (AvgIpc) is 3.16. The fourth-order valence-corrected chi connectivity index (χ4v) is 4.99. The predicted octanol–water partition coefficient (Wildman–Crippen LogP) is 5.66. The number of nitrogens with one attached hydrogen (secondary N) is 1. The normalized spacial score (nSPS) is 26.5. The lowest BCUT2D eigenvalue weighted by atomic mass is 9.78. The minimum atomic E-state index is -4.53. The molecule has 2 aromatic carbocycles. The molecule has 39 heavy (non-hydrogen) atoms. The van der Waals surface area contributed by atoms with Crippen LogP contribution in [0.15, 0.2) is 42.5 Å². The van der Waals surface area contributed by atoms with Crippen LogP contribution in [-0.2, 0) is 43.1 Å². The highest BCUT2D eigenvalue weighted by atomic mass is 19.4. The van der Waals surface area contributed by atoms with E-state index in [9.17, 15) is 26.7 Å². The molecule has 0 bridgehead atoms. The van der Waals surface area contributed by atoms with Crippen molar-refractivity contribution >= 4 is 5.91 Å². The van der Waals surface area contributed by atoms with Crippen molar-refractivity contribution in [3.8, 4) is 0 Å². The molecule has 1 aliphatic carbocycles. The van der Waals surface area contributed by atoms with Crippen molar-refractivity contribution in [3.63, 3.8) is 0 Å². The molecule has 2 fully saturated rings. The molecule has 1 unspecified atom stereocenters. The topological polar surface area (TPSA) is 66.0 Å². The third-order valence-electron chi connectivity index (χ3n) is 6.70. The number of hydrogen-bond acceptors (Lipinski definition) is 5. The molecule has 1 aliphatic heterocycles. The van der Waals surface area contributed by atoms with Crippen LogP contribution in [0.25, 0.3) is 0 Å². The van der Waals surface area contributed by atoms with Crippen LogP contribution >= 0.6 is 0 Å². The lowest BCUT2D eigenvalue weighted by Gasteiger charge is -2.43. The Bertz CT molecular complexity index is 1190. The van der Waals surface area contributed by atoms with Crippen LogP contribution in [0.2, 0.25) is 0 Å². The molecule has 1 amide bonds. The SMILES string of the molecule is CC(C)NC(=O)[C@@]1(OCc2cccc(C(F)(F)F)c2)CC(OCc2ccc(F)c(F)c2)[C@@H]2OC(C)(C)O[C@@H]2C1. The van der Waals surface area contributed by atoms with Crippen molar-refractivity contribution in [1.82, 2.24) is 5.32 Å². The van der Waals surface area contributed by atoms with E-state index in [-0.39, 0.29) is 37.7 Å². The number of benzene rings is 2. The second-order valence-corrected chi connectivity index (χ2v) is 10.8. The van der Waals surface area contributed by atoms with Gasteiger partial charge in [-0.3, -0.25) is 4.79 Å². The van der Waals surface area contributed by atoms with Gasteiger partial charge in [0.1, 0.15) is 6.10 Å². The summed E-state index contributed by atoms with van der Waals surface area (Å²) in [5.41, 5.74) is -1.74. The van der Waals surface area contributed by atoms with Crippen LogP contribution in [0, 0.1) is 11.6 Å². The molecule has 1 saturated heterocycles. The van der Waals surface area contributed by atoms with Gasteiger partial charge in [-0.25, -0.2) is 8.78 Å². The molecule has 4 atom stereocenters. The van der Waals surface area contributed by atoms with E-state index in [0.717, 1.165) is 24.3 Å². The third-order valence-corrected chi connectivity index (χ3v) is 6.70. The zero-order valence-electron chi connectivity index (χ0n) is 22.1. The zero-order valence-corrected chi connectivity index (χ0v) is 22.1. The highest BCUT2D eigenvalue weighted by molar-refractivity contribution is 5.85. The first-order valence-electron chi connectivity index (χ1n) is 12.7. The Morgan fingerprint density at radius 1 is 1.03 bits per heavy atom. The molecule has 4 rings (SSSR count). The molecule has 214 valence electrons. The van der Waals surface area contributed by atoms with Crippen molar-refractivity contribution in [2.75, 3.05) is 0 Å². The largest absolute Gasteiger partial charge is 0.416 e. The molecule has 0 radical (unpaired) electrons. The number of rotatable bonds is 8. The smallest absolute Gasteiger partial charge is 0.371 e. The number of amides is 1. The fourth-order valence-electron chi connectivity index (χ4n) is 4.99. The third kappa shape index (κ3) is 6.95. The van der Waals surface area contributed by atoms with Gasteiger partial charge in [-0.2, -0.15) is 13.2 Å². The molecule has 1 saturated carbocycles. The number of carbonyl (C=O) groups is 1. The van der Waals surface area contributed by atoms with Crippen molar-refractivity contribution < 1.29 is 45.7 Å². The predicted molar refractivity (Wildman–Crippen MR) is 130 cm³/mol. The molecule has 0 spiro atoms. The summed E-state index contributed by atoms with van der Waals surface area (Å²) in [7, 11) is 0. The van der Waals surface area contributed by atoms with Crippen LogP contribution in [0.3, 0.4) is 0 Å². The molecule has 2 aromatic rings. The van der Waals surface area contributed by atoms with Gasteiger partial charge in [0.05, 0.1) is 31.0 Å². The Morgan fingerprint density at radius 3 is 2.41 bits per heavy atom. The Hall–Kier alpha value is -2.60. The van der Waals surface area contributed by atoms with Gasteiger partial charge >= 0.3 is 6.18 Å². The van der Waals surface area contributed by atoms with Crippen molar-refractivity contribution in [2.24, 2.45) is 0 Å². The van der Waals surface area contributed by atoms with E-state index in [1.54, 1.807) is 27.7 Å². The number of ether oxygens (including phenoxy) is 4. The molecule has 11 heteroatoms. The molecule has 6 nitrogen and oxygen atoms in total. The van der Waals surface area contributed by atoms with Crippen molar-refractivity contribution in [2.45, 2.75) is 95.7 Å². The quantitative estimate of drug-likeness (QED) is 0.425. The first-order chi connectivity index (χ1) is 18.2. The molecule has 1 N–H and O–H groups in total. The summed E-state index contributed by atoms with van der Waals surface area (Å²) in [6, 6.07) is 7.87. The molecule has 2 aliphatic rings. The van der Waals surface area contributed by atoms with Gasteiger partial charge in [-0.05, 0) is 63.1 Å². The number of halogens is 5. The van der Waals surface area contributed by atoms with Crippen molar-refractivity contribution in [3.05, 3.63) is 70.8 Å². The Morgan fingerprint density at radius 2 is 1.74 bits per heavy atom. The Balaban J connectivity index is 1.62. The number of carbonyl (C=O) groups excluding carboxylic acids is 1. The van der Waals surface area contributed by atoms with E-state index >= 15 is 0 Å². The Kier molecular flexibility index (Phi) is 8.37. The maximum Gasteiger partial charge on any atom is 0.416 e. The van der Waals surface area contributed by atoms with Gasteiger partial charge in [0.2, 0.25) is 0 Å². The summed E-state index contributed by atoms with van der Waals surface area (Å²) >= 11 is 0. The second kappa shape index (κ2) is 11.1. The minimum Gasteiger partial charge on any atom is -0.371 e. The lowest BCUT2D eigenvalue weighted by Crippen LogP contribution is -2.60. The zero-order chi connectivity index (χ0) is 28.6. The van der Waals surface area contributed by atoms with Gasteiger partial charge in [0.15, 0.2) is 23.0 Å². The maximum absolute atomic E-state index is 13.8. The summed E-state index contributed by atoms with van der Waals surface area (Å²) in [5, 5.41) is 2.85. The maximum atomic E-state index is 13.8. The van der Waals surface area contributed by atoms with E-state index < -0.39 is 59.0 Å².